The lowest BCUT2D eigenvalue weighted by atomic mass is 9.92. The second kappa shape index (κ2) is 4.80. The van der Waals surface area contributed by atoms with Crippen molar-refractivity contribution in [2.45, 2.75) is 58.4 Å². The zero-order valence-corrected chi connectivity index (χ0v) is 13.3. The van der Waals surface area contributed by atoms with Crippen LogP contribution in [0.5, 0.6) is 11.6 Å². The highest BCUT2D eigenvalue weighted by Gasteiger charge is 2.29. The predicted molar refractivity (Wildman–Crippen MR) is 87.6 cm³/mol. The van der Waals surface area contributed by atoms with Crippen molar-refractivity contribution in [1.29, 1.82) is 0 Å². The highest BCUT2D eigenvalue weighted by atomic mass is 16.3. The lowest BCUT2D eigenvalue weighted by Crippen LogP contribution is -2.08. The van der Waals surface area contributed by atoms with Crippen LogP contribution in [-0.2, 0) is 13.0 Å². The summed E-state index contributed by atoms with van der Waals surface area (Å²) in [5.74, 6) is 1.23. The Balaban J connectivity index is 1.90. The minimum Gasteiger partial charge on any atom is -0.505 e. The smallest absolute Gasteiger partial charge is 0.203 e. The van der Waals surface area contributed by atoms with Crippen molar-refractivity contribution in [2.75, 3.05) is 0 Å². The van der Waals surface area contributed by atoms with E-state index in [2.05, 4.69) is 26.0 Å². The summed E-state index contributed by atoms with van der Waals surface area (Å²) in [6.45, 7) is 4.97. The van der Waals surface area contributed by atoms with Gasteiger partial charge in [0.25, 0.3) is 0 Å². The van der Waals surface area contributed by atoms with E-state index in [4.69, 9.17) is 0 Å². The Bertz CT molecular complexity index is 701. The highest BCUT2D eigenvalue weighted by molar-refractivity contribution is 5.82. The standard InChI is InChI=1S/C19H23NO2/c1-11-9-14(13-6-7-13)10-12(2)16(11)17-18(21)15-5-3-4-8-20(15)19(17)22/h9-10,13,21-22H,3-8H2,1-2H3. The summed E-state index contributed by atoms with van der Waals surface area (Å²) in [7, 11) is 0. The fourth-order valence-electron chi connectivity index (χ4n) is 3.97. The molecule has 0 bridgehead atoms. The van der Waals surface area contributed by atoms with E-state index in [-0.39, 0.29) is 11.6 Å². The molecule has 3 heteroatoms. The van der Waals surface area contributed by atoms with Crippen LogP contribution >= 0.6 is 0 Å². The Morgan fingerprint density at radius 3 is 2.27 bits per heavy atom. The average Bonchev–Trinajstić information content (AvgIpc) is 3.31. The third-order valence-electron chi connectivity index (χ3n) is 5.21. The molecule has 0 unspecified atom stereocenters. The summed E-state index contributed by atoms with van der Waals surface area (Å²) in [5.41, 5.74) is 6.23. The van der Waals surface area contributed by atoms with Crippen LogP contribution in [0.15, 0.2) is 12.1 Å². The molecular formula is C19H23NO2. The minimum absolute atomic E-state index is 0.234. The zero-order valence-electron chi connectivity index (χ0n) is 13.3. The molecule has 1 aliphatic carbocycles. The molecule has 1 aliphatic heterocycles. The molecule has 2 aromatic rings. The second-order valence-corrected chi connectivity index (χ2v) is 6.91. The Morgan fingerprint density at radius 1 is 1.00 bits per heavy atom. The first-order chi connectivity index (χ1) is 10.6. The lowest BCUT2D eigenvalue weighted by molar-refractivity contribution is 0.391. The van der Waals surface area contributed by atoms with Gasteiger partial charge in [-0.2, -0.15) is 0 Å². The van der Waals surface area contributed by atoms with Crippen molar-refractivity contribution in [3.8, 4) is 22.8 Å². The highest BCUT2D eigenvalue weighted by Crippen LogP contribution is 2.48. The van der Waals surface area contributed by atoms with Gasteiger partial charge >= 0.3 is 0 Å². The molecule has 0 saturated heterocycles. The van der Waals surface area contributed by atoms with Gasteiger partial charge in [-0.05, 0) is 74.1 Å². The van der Waals surface area contributed by atoms with Crippen LogP contribution in [-0.4, -0.2) is 14.8 Å². The largest absolute Gasteiger partial charge is 0.505 e. The first kappa shape index (κ1) is 13.7. The quantitative estimate of drug-likeness (QED) is 0.863. The Kier molecular flexibility index (Phi) is 3.00. The normalized spacial score (nSPS) is 17.5. The molecule has 3 nitrogen and oxygen atoms in total. The molecule has 1 aromatic heterocycles. The van der Waals surface area contributed by atoms with E-state index in [0.29, 0.717) is 5.56 Å². The van der Waals surface area contributed by atoms with E-state index in [1.165, 1.54) is 18.4 Å². The van der Waals surface area contributed by atoms with E-state index in [1.807, 2.05) is 4.57 Å². The topological polar surface area (TPSA) is 45.4 Å². The molecule has 116 valence electrons. The van der Waals surface area contributed by atoms with Gasteiger partial charge in [0.15, 0.2) is 0 Å². The number of rotatable bonds is 2. The van der Waals surface area contributed by atoms with Gasteiger partial charge in [-0.25, -0.2) is 0 Å². The monoisotopic (exact) mass is 297 g/mol. The van der Waals surface area contributed by atoms with E-state index < -0.39 is 0 Å². The van der Waals surface area contributed by atoms with Crippen LogP contribution in [0.2, 0.25) is 0 Å². The van der Waals surface area contributed by atoms with Crippen LogP contribution in [0.25, 0.3) is 11.1 Å². The molecule has 2 heterocycles. The summed E-state index contributed by atoms with van der Waals surface area (Å²) < 4.78 is 1.89. The number of hydrogen-bond acceptors (Lipinski definition) is 2. The molecule has 0 spiro atoms. The molecule has 0 radical (unpaired) electrons. The predicted octanol–water partition coefficient (Wildman–Crippen LogP) is 4.40. The summed E-state index contributed by atoms with van der Waals surface area (Å²) in [6.07, 6.45) is 5.56. The maximum Gasteiger partial charge on any atom is 0.203 e. The number of hydrogen-bond donors (Lipinski definition) is 2. The molecule has 4 rings (SSSR count). The third-order valence-corrected chi connectivity index (χ3v) is 5.21. The number of nitrogens with zero attached hydrogens (tertiary/aromatic N) is 1. The van der Waals surface area contributed by atoms with Gasteiger partial charge in [0, 0.05) is 6.54 Å². The van der Waals surface area contributed by atoms with Gasteiger partial charge in [0.1, 0.15) is 5.75 Å². The third kappa shape index (κ3) is 1.95. The summed E-state index contributed by atoms with van der Waals surface area (Å²) in [6, 6.07) is 4.46. The molecule has 1 fully saturated rings. The van der Waals surface area contributed by atoms with Crippen LogP contribution < -0.4 is 0 Å². The molecule has 0 amide bonds. The zero-order chi connectivity index (χ0) is 15.4. The SMILES string of the molecule is Cc1cc(C2CC2)cc(C)c1-c1c(O)c2n(c1O)CCCC2. The summed E-state index contributed by atoms with van der Waals surface area (Å²) in [5, 5.41) is 21.3. The van der Waals surface area contributed by atoms with Crippen molar-refractivity contribution in [3.05, 3.63) is 34.5 Å². The van der Waals surface area contributed by atoms with Crippen molar-refractivity contribution >= 4 is 0 Å². The van der Waals surface area contributed by atoms with Gasteiger partial charge in [-0.15, -0.1) is 0 Å². The van der Waals surface area contributed by atoms with Crippen LogP contribution in [0.1, 0.15) is 54.0 Å². The van der Waals surface area contributed by atoms with Gasteiger partial charge in [0.2, 0.25) is 5.88 Å². The number of benzene rings is 1. The number of aromatic nitrogens is 1. The van der Waals surface area contributed by atoms with Crippen molar-refractivity contribution in [2.24, 2.45) is 0 Å². The van der Waals surface area contributed by atoms with Gasteiger partial charge in [0.05, 0.1) is 11.3 Å². The van der Waals surface area contributed by atoms with Gasteiger partial charge < -0.3 is 14.8 Å². The minimum atomic E-state index is 0.234. The maximum atomic E-state index is 10.7. The average molecular weight is 297 g/mol. The number of fused-ring (bicyclic) bond motifs is 1. The van der Waals surface area contributed by atoms with E-state index in [0.717, 1.165) is 54.1 Å². The Morgan fingerprint density at radius 2 is 1.68 bits per heavy atom. The van der Waals surface area contributed by atoms with Crippen LogP contribution in [0, 0.1) is 13.8 Å². The molecular weight excluding hydrogens is 274 g/mol. The van der Waals surface area contributed by atoms with Crippen LogP contribution in [0.3, 0.4) is 0 Å². The van der Waals surface area contributed by atoms with E-state index in [9.17, 15) is 10.2 Å². The fraction of sp³-hybridized carbons (Fsp3) is 0.474. The van der Waals surface area contributed by atoms with E-state index >= 15 is 0 Å². The van der Waals surface area contributed by atoms with Crippen molar-refractivity contribution in [1.82, 2.24) is 4.57 Å². The van der Waals surface area contributed by atoms with Gasteiger partial charge in [-0.3, -0.25) is 0 Å². The number of aromatic hydroxyl groups is 2. The van der Waals surface area contributed by atoms with Crippen LogP contribution in [0.4, 0.5) is 0 Å². The maximum absolute atomic E-state index is 10.7. The molecule has 1 saturated carbocycles. The van der Waals surface area contributed by atoms with E-state index in [1.54, 1.807) is 0 Å². The molecule has 1 aromatic carbocycles. The number of aryl methyl sites for hydroxylation is 2. The molecule has 2 N–H and O–H groups in total. The fourth-order valence-corrected chi connectivity index (χ4v) is 3.97. The first-order valence-electron chi connectivity index (χ1n) is 8.32. The second-order valence-electron chi connectivity index (χ2n) is 6.91. The molecule has 2 aliphatic rings. The molecule has 0 atom stereocenters. The summed E-state index contributed by atoms with van der Waals surface area (Å²) in [4.78, 5) is 0. The van der Waals surface area contributed by atoms with Gasteiger partial charge in [-0.1, -0.05) is 12.1 Å². The lowest BCUT2D eigenvalue weighted by Gasteiger charge is -2.15. The molecule has 22 heavy (non-hydrogen) atoms. The first-order valence-corrected chi connectivity index (χ1v) is 8.32. The Hall–Kier alpha value is -1.90. The Labute approximate surface area is 131 Å². The summed E-state index contributed by atoms with van der Waals surface area (Å²) >= 11 is 0. The van der Waals surface area contributed by atoms with Crippen molar-refractivity contribution in [3.63, 3.8) is 0 Å². The van der Waals surface area contributed by atoms with Crippen molar-refractivity contribution < 1.29 is 10.2 Å².